The van der Waals surface area contributed by atoms with Crippen LogP contribution in [-0.4, -0.2) is 50.6 Å². The first-order valence-corrected chi connectivity index (χ1v) is 4.78. The molecule has 8 heteroatoms. The highest BCUT2D eigenvalue weighted by atomic mass is 16.6. The van der Waals surface area contributed by atoms with Gasteiger partial charge in [-0.25, -0.2) is 4.98 Å². The van der Waals surface area contributed by atoms with Gasteiger partial charge in [0.1, 0.15) is 17.6 Å². The summed E-state index contributed by atoms with van der Waals surface area (Å²) in [6.07, 6.45) is 1.04. The van der Waals surface area contributed by atoms with Gasteiger partial charge < -0.3 is 20.6 Å². The van der Waals surface area contributed by atoms with Crippen molar-refractivity contribution < 1.29 is 20.2 Å². The highest BCUT2D eigenvalue weighted by Crippen LogP contribution is 2.16. The third-order valence-electron chi connectivity index (χ3n) is 2.26. The van der Waals surface area contributed by atoms with Crippen molar-refractivity contribution in [3.63, 3.8) is 0 Å². The highest BCUT2D eigenvalue weighted by Gasteiger charge is 2.28. The van der Waals surface area contributed by atoms with E-state index in [0.717, 1.165) is 6.20 Å². The molecule has 1 aromatic heterocycles. The van der Waals surface area contributed by atoms with E-state index in [0.29, 0.717) is 0 Å². The lowest BCUT2D eigenvalue weighted by atomic mass is 10.0. The van der Waals surface area contributed by atoms with Gasteiger partial charge in [-0.05, 0) is 6.07 Å². The monoisotopic (exact) mass is 243 g/mol. The van der Waals surface area contributed by atoms with E-state index in [-0.39, 0.29) is 11.5 Å². The molecule has 0 spiro atoms. The van der Waals surface area contributed by atoms with Gasteiger partial charge in [-0.2, -0.15) is 0 Å². The molecule has 0 aliphatic rings. The Morgan fingerprint density at radius 3 is 2.24 bits per heavy atom. The molecule has 1 rings (SSSR count). The Morgan fingerprint density at radius 2 is 1.88 bits per heavy atom. The van der Waals surface area contributed by atoms with E-state index >= 15 is 0 Å². The van der Waals surface area contributed by atoms with Crippen molar-refractivity contribution in [3.8, 4) is 0 Å². The molecule has 0 unspecified atom stereocenters. The molecule has 0 fully saturated rings. The van der Waals surface area contributed by atoms with Crippen LogP contribution >= 0.6 is 0 Å². The number of pyridine rings is 1. The van der Waals surface area contributed by atoms with E-state index in [4.69, 9.17) is 15.3 Å². The summed E-state index contributed by atoms with van der Waals surface area (Å²) >= 11 is 0. The molecule has 1 heterocycles. The summed E-state index contributed by atoms with van der Waals surface area (Å²) in [7, 11) is 0. The number of hydrogen-bond donors (Lipinski definition) is 4. The SMILES string of the molecule is O=[N+]([O-])c1ccc(NC(CO)(CO)CO)nc1. The topological polar surface area (TPSA) is 129 Å². The first-order valence-electron chi connectivity index (χ1n) is 4.78. The third-order valence-corrected chi connectivity index (χ3v) is 2.26. The summed E-state index contributed by atoms with van der Waals surface area (Å²) in [5.74, 6) is 0.216. The second-order valence-electron chi connectivity index (χ2n) is 3.54. The van der Waals surface area contributed by atoms with Crippen molar-refractivity contribution in [1.82, 2.24) is 4.98 Å². The van der Waals surface area contributed by atoms with Crippen molar-refractivity contribution in [1.29, 1.82) is 0 Å². The summed E-state index contributed by atoms with van der Waals surface area (Å²) in [5.41, 5.74) is -1.47. The third kappa shape index (κ3) is 3.09. The molecule has 4 N–H and O–H groups in total. The number of nitrogens with one attached hydrogen (secondary N) is 1. The van der Waals surface area contributed by atoms with E-state index in [1.54, 1.807) is 0 Å². The lowest BCUT2D eigenvalue weighted by Gasteiger charge is -2.29. The van der Waals surface area contributed by atoms with Gasteiger partial charge in [-0.1, -0.05) is 0 Å². The van der Waals surface area contributed by atoms with Crippen LogP contribution in [0, 0.1) is 10.1 Å². The van der Waals surface area contributed by atoms with Crippen LogP contribution in [0.5, 0.6) is 0 Å². The Morgan fingerprint density at radius 1 is 1.29 bits per heavy atom. The van der Waals surface area contributed by atoms with Crippen LogP contribution in [0.25, 0.3) is 0 Å². The fraction of sp³-hybridized carbons (Fsp3) is 0.444. The second kappa shape index (κ2) is 5.53. The second-order valence-corrected chi connectivity index (χ2v) is 3.54. The Balaban J connectivity index is 2.84. The minimum atomic E-state index is -1.30. The van der Waals surface area contributed by atoms with E-state index in [1.807, 2.05) is 0 Å². The van der Waals surface area contributed by atoms with Gasteiger partial charge in [-0.3, -0.25) is 10.1 Å². The predicted molar refractivity (Wildman–Crippen MR) is 58.5 cm³/mol. The standard InChI is InChI=1S/C9H13N3O5/c13-4-9(5-14,6-15)11-8-2-1-7(3-10-8)12(16)17/h1-3,13-15H,4-6H2,(H,10,11). The van der Waals surface area contributed by atoms with Gasteiger partial charge in [0.15, 0.2) is 0 Å². The summed E-state index contributed by atoms with van der Waals surface area (Å²) in [6, 6.07) is 2.56. The lowest BCUT2D eigenvalue weighted by Crippen LogP contribution is -2.49. The maximum Gasteiger partial charge on any atom is 0.287 e. The number of nitro groups is 1. The smallest absolute Gasteiger partial charge is 0.287 e. The summed E-state index contributed by atoms with van der Waals surface area (Å²) < 4.78 is 0. The minimum absolute atomic E-state index is 0.168. The zero-order valence-corrected chi connectivity index (χ0v) is 8.91. The van der Waals surface area contributed by atoms with Gasteiger partial charge in [0, 0.05) is 6.07 Å². The van der Waals surface area contributed by atoms with Gasteiger partial charge in [0.05, 0.1) is 24.7 Å². The fourth-order valence-electron chi connectivity index (χ4n) is 1.11. The first-order chi connectivity index (χ1) is 8.06. The largest absolute Gasteiger partial charge is 0.394 e. The summed E-state index contributed by atoms with van der Waals surface area (Å²) in [5, 5.41) is 40.2. The van der Waals surface area contributed by atoms with Crippen LogP contribution in [0.4, 0.5) is 11.5 Å². The van der Waals surface area contributed by atoms with Gasteiger partial charge in [0.2, 0.25) is 0 Å². The fourth-order valence-corrected chi connectivity index (χ4v) is 1.11. The van der Waals surface area contributed by atoms with E-state index in [1.165, 1.54) is 12.1 Å². The Hall–Kier alpha value is -1.77. The van der Waals surface area contributed by atoms with Gasteiger partial charge >= 0.3 is 0 Å². The van der Waals surface area contributed by atoms with Crippen LogP contribution in [0.15, 0.2) is 18.3 Å². The summed E-state index contributed by atoms with van der Waals surface area (Å²) in [6.45, 7) is -1.50. The molecule has 0 aliphatic carbocycles. The quantitative estimate of drug-likeness (QED) is 0.377. The van der Waals surface area contributed by atoms with Crippen LogP contribution in [0.2, 0.25) is 0 Å². The van der Waals surface area contributed by atoms with Crippen LogP contribution in [0.3, 0.4) is 0 Å². The van der Waals surface area contributed by atoms with E-state index in [2.05, 4.69) is 10.3 Å². The van der Waals surface area contributed by atoms with E-state index < -0.39 is 30.3 Å². The molecular formula is C9H13N3O5. The molecule has 0 aromatic carbocycles. The molecule has 0 atom stereocenters. The Kier molecular flexibility index (Phi) is 4.32. The number of aromatic nitrogens is 1. The average molecular weight is 243 g/mol. The van der Waals surface area contributed by atoms with Crippen molar-refractivity contribution in [2.24, 2.45) is 0 Å². The molecule has 0 amide bonds. The van der Waals surface area contributed by atoms with Crippen molar-refractivity contribution in [2.75, 3.05) is 25.1 Å². The predicted octanol–water partition coefficient (Wildman–Crippen LogP) is -0.883. The molecule has 1 aromatic rings. The molecular weight excluding hydrogens is 230 g/mol. The molecule has 0 radical (unpaired) electrons. The van der Waals surface area contributed by atoms with Crippen molar-refractivity contribution in [2.45, 2.75) is 5.54 Å². The first kappa shape index (κ1) is 13.3. The van der Waals surface area contributed by atoms with Crippen LogP contribution < -0.4 is 5.32 Å². The zero-order valence-electron chi connectivity index (χ0n) is 8.91. The number of hydrogen-bond acceptors (Lipinski definition) is 7. The van der Waals surface area contributed by atoms with Crippen molar-refractivity contribution >= 4 is 11.5 Å². The number of rotatable bonds is 6. The highest BCUT2D eigenvalue weighted by molar-refractivity contribution is 5.42. The number of aliphatic hydroxyl groups excluding tert-OH is 3. The van der Waals surface area contributed by atoms with E-state index in [9.17, 15) is 10.1 Å². The molecule has 0 saturated heterocycles. The molecule has 0 saturated carbocycles. The van der Waals surface area contributed by atoms with Gasteiger partial charge in [0.25, 0.3) is 5.69 Å². The van der Waals surface area contributed by atoms with Crippen LogP contribution in [-0.2, 0) is 0 Å². The zero-order chi connectivity index (χ0) is 12.9. The molecule has 0 aliphatic heterocycles. The van der Waals surface area contributed by atoms with Gasteiger partial charge in [-0.15, -0.1) is 0 Å². The number of anilines is 1. The summed E-state index contributed by atoms with van der Waals surface area (Å²) in [4.78, 5) is 13.5. The number of nitrogens with zero attached hydrogens (tertiary/aromatic N) is 2. The molecule has 8 nitrogen and oxygen atoms in total. The molecule has 94 valence electrons. The van der Waals surface area contributed by atoms with Crippen molar-refractivity contribution in [3.05, 3.63) is 28.4 Å². The Bertz CT molecular complexity index is 368. The lowest BCUT2D eigenvalue weighted by molar-refractivity contribution is -0.385. The molecule has 17 heavy (non-hydrogen) atoms. The maximum absolute atomic E-state index is 10.4. The maximum atomic E-state index is 10.4. The minimum Gasteiger partial charge on any atom is -0.394 e. The normalized spacial score (nSPS) is 11.2. The molecule has 0 bridgehead atoms. The Labute approximate surface area is 96.7 Å². The number of aliphatic hydroxyl groups is 3. The average Bonchev–Trinajstić information content (AvgIpc) is 2.37. The van der Waals surface area contributed by atoms with Crippen LogP contribution in [0.1, 0.15) is 0 Å².